The molecule has 0 spiro atoms. The van der Waals surface area contributed by atoms with Crippen LogP contribution in [0.3, 0.4) is 0 Å². The molecule has 0 heterocycles. The first-order valence-corrected chi connectivity index (χ1v) is 6.68. The van der Waals surface area contributed by atoms with Gasteiger partial charge in [0.2, 0.25) is 0 Å². The van der Waals surface area contributed by atoms with Gasteiger partial charge in [-0.3, -0.25) is 0 Å². The first-order chi connectivity index (χ1) is 7.61. The zero-order valence-electron chi connectivity index (χ0n) is 11.2. The molecule has 0 aromatic heterocycles. The van der Waals surface area contributed by atoms with Crippen LogP contribution in [0.1, 0.15) is 65.8 Å². The van der Waals surface area contributed by atoms with Gasteiger partial charge in [0.1, 0.15) is 0 Å². The quantitative estimate of drug-likeness (QED) is 0.622. The lowest BCUT2D eigenvalue weighted by molar-refractivity contribution is 0.442. The molecule has 0 atom stereocenters. The highest BCUT2D eigenvalue weighted by molar-refractivity contribution is 5.45. The Hall–Kier alpha value is -0.780. The monoisotopic (exact) mass is 216 g/mol. The molecular weight excluding hydrogens is 192 g/mol. The molecule has 1 aromatic carbocycles. The number of hydrogen-bond donors (Lipinski definition) is 0. The first kappa shape index (κ1) is 11.7. The molecule has 0 saturated heterocycles. The summed E-state index contributed by atoms with van der Waals surface area (Å²) >= 11 is 0. The number of aryl methyl sites for hydroxylation is 1. The van der Waals surface area contributed by atoms with Crippen molar-refractivity contribution in [2.75, 3.05) is 0 Å². The van der Waals surface area contributed by atoms with Crippen LogP contribution >= 0.6 is 0 Å². The molecule has 2 rings (SSSR count). The summed E-state index contributed by atoms with van der Waals surface area (Å²) in [5.41, 5.74) is 7.66. The van der Waals surface area contributed by atoms with Crippen molar-refractivity contribution in [3.8, 4) is 0 Å². The van der Waals surface area contributed by atoms with Crippen LogP contribution in [-0.2, 0) is 0 Å². The average Bonchev–Trinajstić information content (AvgIpc) is 2.32. The van der Waals surface area contributed by atoms with E-state index >= 15 is 0 Å². The molecule has 0 unspecified atom stereocenters. The van der Waals surface area contributed by atoms with E-state index in [0.717, 1.165) is 5.92 Å². The lowest BCUT2D eigenvalue weighted by atomic mass is 9.80. The minimum absolute atomic E-state index is 0.840. The third-order valence-electron chi connectivity index (χ3n) is 4.57. The summed E-state index contributed by atoms with van der Waals surface area (Å²) < 4.78 is 0. The second-order valence-electron chi connectivity index (χ2n) is 5.49. The van der Waals surface area contributed by atoms with Gasteiger partial charge >= 0.3 is 0 Å². The Morgan fingerprint density at radius 1 is 0.812 bits per heavy atom. The van der Waals surface area contributed by atoms with Gasteiger partial charge in [0.15, 0.2) is 0 Å². The Bertz CT molecular complexity index is 382. The van der Waals surface area contributed by atoms with E-state index in [1.807, 2.05) is 0 Å². The van der Waals surface area contributed by atoms with Gasteiger partial charge in [-0.2, -0.15) is 0 Å². The van der Waals surface area contributed by atoms with E-state index in [9.17, 15) is 0 Å². The Kier molecular flexibility index (Phi) is 3.37. The van der Waals surface area contributed by atoms with Crippen molar-refractivity contribution in [3.63, 3.8) is 0 Å². The Morgan fingerprint density at radius 2 is 1.44 bits per heavy atom. The van der Waals surface area contributed by atoms with E-state index in [0.29, 0.717) is 0 Å². The first-order valence-electron chi connectivity index (χ1n) is 6.68. The average molecular weight is 216 g/mol. The van der Waals surface area contributed by atoms with E-state index in [1.54, 1.807) is 11.1 Å². The van der Waals surface area contributed by atoms with Crippen molar-refractivity contribution >= 4 is 0 Å². The Labute approximate surface area is 100 Å². The molecule has 0 radical (unpaired) electrons. The predicted octanol–water partition coefficient (Wildman–Crippen LogP) is 4.97. The second-order valence-corrected chi connectivity index (χ2v) is 5.49. The third-order valence-corrected chi connectivity index (χ3v) is 4.57. The van der Waals surface area contributed by atoms with Crippen molar-refractivity contribution in [3.05, 3.63) is 33.9 Å². The van der Waals surface area contributed by atoms with Crippen LogP contribution in [0.15, 0.2) is 6.07 Å². The molecule has 88 valence electrons. The van der Waals surface area contributed by atoms with Gasteiger partial charge in [-0.15, -0.1) is 0 Å². The highest BCUT2D eigenvalue weighted by Crippen LogP contribution is 2.36. The van der Waals surface area contributed by atoms with Crippen LogP contribution in [-0.4, -0.2) is 0 Å². The number of rotatable bonds is 1. The van der Waals surface area contributed by atoms with Gasteiger partial charge in [0.05, 0.1) is 0 Å². The zero-order chi connectivity index (χ0) is 11.7. The highest BCUT2D eigenvalue weighted by atomic mass is 14.2. The van der Waals surface area contributed by atoms with Crippen LogP contribution < -0.4 is 0 Å². The van der Waals surface area contributed by atoms with Crippen molar-refractivity contribution < 1.29 is 0 Å². The van der Waals surface area contributed by atoms with Crippen molar-refractivity contribution in [2.24, 2.45) is 0 Å². The van der Waals surface area contributed by atoms with Crippen LogP contribution in [0.25, 0.3) is 0 Å². The molecule has 1 aliphatic carbocycles. The molecule has 0 bridgehead atoms. The SMILES string of the molecule is Cc1cc(C2CCCCC2)c(C)c(C)c1C. The van der Waals surface area contributed by atoms with Crippen LogP contribution in [0, 0.1) is 27.7 Å². The van der Waals surface area contributed by atoms with Crippen LogP contribution in [0.5, 0.6) is 0 Å². The summed E-state index contributed by atoms with van der Waals surface area (Å²) in [7, 11) is 0. The van der Waals surface area contributed by atoms with E-state index in [4.69, 9.17) is 0 Å². The molecule has 0 N–H and O–H groups in total. The van der Waals surface area contributed by atoms with Gasteiger partial charge in [-0.1, -0.05) is 25.3 Å². The molecule has 16 heavy (non-hydrogen) atoms. The Balaban J connectivity index is 2.40. The molecule has 0 aliphatic heterocycles. The fourth-order valence-electron chi connectivity index (χ4n) is 3.08. The lowest BCUT2D eigenvalue weighted by Gasteiger charge is -2.25. The summed E-state index contributed by atoms with van der Waals surface area (Å²) in [6, 6.07) is 2.45. The van der Waals surface area contributed by atoms with Gasteiger partial charge in [0.25, 0.3) is 0 Å². The van der Waals surface area contributed by atoms with Gasteiger partial charge in [-0.05, 0) is 74.3 Å². The fourth-order valence-corrected chi connectivity index (χ4v) is 3.08. The van der Waals surface area contributed by atoms with Gasteiger partial charge in [0, 0.05) is 0 Å². The molecule has 0 nitrogen and oxygen atoms in total. The molecule has 0 heteroatoms. The minimum atomic E-state index is 0.840. The van der Waals surface area contributed by atoms with Crippen LogP contribution in [0.2, 0.25) is 0 Å². The highest BCUT2D eigenvalue weighted by Gasteiger charge is 2.19. The lowest BCUT2D eigenvalue weighted by Crippen LogP contribution is -2.08. The smallest absolute Gasteiger partial charge is 0.0159 e. The molecule has 1 aromatic rings. The summed E-state index contributed by atoms with van der Waals surface area (Å²) in [5.74, 6) is 0.840. The maximum absolute atomic E-state index is 2.45. The third kappa shape index (κ3) is 2.03. The van der Waals surface area contributed by atoms with E-state index in [1.165, 1.54) is 48.8 Å². The van der Waals surface area contributed by atoms with Crippen molar-refractivity contribution in [2.45, 2.75) is 65.7 Å². The maximum Gasteiger partial charge on any atom is -0.0159 e. The normalized spacial score (nSPS) is 17.8. The number of hydrogen-bond acceptors (Lipinski definition) is 0. The van der Waals surface area contributed by atoms with Crippen LogP contribution in [0.4, 0.5) is 0 Å². The Morgan fingerprint density at radius 3 is 2.06 bits per heavy atom. The summed E-state index contributed by atoms with van der Waals surface area (Å²) in [6.45, 7) is 9.10. The second kappa shape index (κ2) is 4.61. The van der Waals surface area contributed by atoms with Crippen molar-refractivity contribution in [1.29, 1.82) is 0 Å². The summed E-state index contributed by atoms with van der Waals surface area (Å²) in [6.07, 6.45) is 7.11. The van der Waals surface area contributed by atoms with Crippen molar-refractivity contribution in [1.82, 2.24) is 0 Å². The van der Waals surface area contributed by atoms with E-state index in [2.05, 4.69) is 33.8 Å². The zero-order valence-corrected chi connectivity index (χ0v) is 11.2. The maximum atomic E-state index is 2.45. The predicted molar refractivity (Wildman–Crippen MR) is 71.2 cm³/mol. The molecule has 1 saturated carbocycles. The summed E-state index contributed by atoms with van der Waals surface area (Å²) in [5, 5.41) is 0. The molecular formula is C16H24. The summed E-state index contributed by atoms with van der Waals surface area (Å²) in [4.78, 5) is 0. The topological polar surface area (TPSA) is 0 Å². The molecule has 1 fully saturated rings. The largest absolute Gasteiger partial charge is 0.0553 e. The minimum Gasteiger partial charge on any atom is -0.0553 e. The van der Waals surface area contributed by atoms with E-state index in [-0.39, 0.29) is 0 Å². The van der Waals surface area contributed by atoms with Gasteiger partial charge in [-0.25, -0.2) is 0 Å². The fraction of sp³-hybridized carbons (Fsp3) is 0.625. The van der Waals surface area contributed by atoms with E-state index < -0.39 is 0 Å². The standard InChI is InChI=1S/C16H24/c1-11-10-16(14(4)13(3)12(11)2)15-8-6-5-7-9-15/h10,15H,5-9H2,1-4H3. The molecule has 1 aliphatic rings. The molecule has 0 amide bonds. The van der Waals surface area contributed by atoms with Gasteiger partial charge < -0.3 is 0 Å². The number of benzene rings is 1.